The smallest absolute Gasteiger partial charge is 0.246 e. The van der Waals surface area contributed by atoms with Crippen LogP contribution in [0.1, 0.15) is 17.0 Å². The van der Waals surface area contributed by atoms with E-state index in [-0.39, 0.29) is 12.7 Å². The number of nitrogens with zero attached hydrogens (tertiary/aromatic N) is 5. The number of benzene rings is 1. The van der Waals surface area contributed by atoms with E-state index in [9.17, 15) is 4.79 Å². The Bertz CT molecular complexity index is 1160. The number of amides is 1. The minimum atomic E-state index is 0.0199. The van der Waals surface area contributed by atoms with Gasteiger partial charge in [0, 0.05) is 67.8 Å². The van der Waals surface area contributed by atoms with Gasteiger partial charge in [-0.3, -0.25) is 4.79 Å². The van der Waals surface area contributed by atoms with Crippen LogP contribution in [0.3, 0.4) is 0 Å². The van der Waals surface area contributed by atoms with Gasteiger partial charge in [0.25, 0.3) is 0 Å². The molecule has 0 atom stereocenters. The summed E-state index contributed by atoms with van der Waals surface area (Å²) in [6, 6.07) is 9.82. The lowest BCUT2D eigenvalue weighted by Gasteiger charge is -2.34. The molecule has 0 saturated carbocycles. The molecule has 8 heteroatoms. The van der Waals surface area contributed by atoms with Crippen molar-refractivity contribution in [2.24, 2.45) is 0 Å². The molecule has 1 aromatic carbocycles. The van der Waals surface area contributed by atoms with E-state index in [1.165, 1.54) is 0 Å². The minimum Gasteiger partial charge on any atom is -0.454 e. The largest absolute Gasteiger partial charge is 0.454 e. The maximum absolute atomic E-state index is 12.8. The van der Waals surface area contributed by atoms with Crippen LogP contribution in [-0.2, 0) is 4.79 Å². The Morgan fingerprint density at radius 1 is 1.00 bits per heavy atom. The summed E-state index contributed by atoms with van der Waals surface area (Å²) in [5.41, 5.74) is 4.18. The number of anilines is 1. The second-order valence-corrected chi connectivity index (χ2v) is 7.89. The fourth-order valence-corrected chi connectivity index (χ4v) is 4.23. The molecule has 2 aliphatic heterocycles. The van der Waals surface area contributed by atoms with Gasteiger partial charge in [-0.15, -0.1) is 0 Å². The SMILES string of the molecule is Cc1cc(C=CC(=O)N2CCN(c3ncccn3)CC2)c(C)n1-c1ccc2c(c1)OCO2. The van der Waals surface area contributed by atoms with E-state index in [1.54, 1.807) is 24.5 Å². The first-order valence-corrected chi connectivity index (χ1v) is 10.7. The second kappa shape index (κ2) is 8.37. The van der Waals surface area contributed by atoms with E-state index in [2.05, 4.69) is 39.3 Å². The summed E-state index contributed by atoms with van der Waals surface area (Å²) >= 11 is 0. The number of hydrogen-bond acceptors (Lipinski definition) is 6. The van der Waals surface area contributed by atoms with Gasteiger partial charge in [0.2, 0.25) is 18.6 Å². The predicted molar refractivity (Wildman–Crippen MR) is 121 cm³/mol. The quantitative estimate of drug-likeness (QED) is 0.592. The van der Waals surface area contributed by atoms with Crippen molar-refractivity contribution in [1.82, 2.24) is 19.4 Å². The number of fused-ring (bicyclic) bond motifs is 1. The Morgan fingerprint density at radius 3 is 2.53 bits per heavy atom. The lowest BCUT2D eigenvalue weighted by molar-refractivity contribution is -0.126. The lowest BCUT2D eigenvalue weighted by Crippen LogP contribution is -2.48. The van der Waals surface area contributed by atoms with Crippen molar-refractivity contribution in [1.29, 1.82) is 0 Å². The molecule has 1 fully saturated rings. The average molecular weight is 431 g/mol. The van der Waals surface area contributed by atoms with Crippen molar-refractivity contribution in [3.63, 3.8) is 0 Å². The zero-order chi connectivity index (χ0) is 22.1. The molecule has 1 saturated heterocycles. The average Bonchev–Trinajstić information content (AvgIpc) is 3.41. The third kappa shape index (κ3) is 3.79. The van der Waals surface area contributed by atoms with Gasteiger partial charge >= 0.3 is 0 Å². The highest BCUT2D eigenvalue weighted by molar-refractivity contribution is 5.92. The van der Waals surface area contributed by atoms with Gasteiger partial charge in [0.15, 0.2) is 11.5 Å². The highest BCUT2D eigenvalue weighted by atomic mass is 16.7. The molecular weight excluding hydrogens is 406 g/mol. The maximum Gasteiger partial charge on any atom is 0.246 e. The molecule has 0 radical (unpaired) electrons. The summed E-state index contributed by atoms with van der Waals surface area (Å²) in [6.45, 7) is 7.12. The van der Waals surface area contributed by atoms with Crippen molar-refractivity contribution >= 4 is 17.9 Å². The van der Waals surface area contributed by atoms with Crippen molar-refractivity contribution in [2.45, 2.75) is 13.8 Å². The lowest BCUT2D eigenvalue weighted by atomic mass is 10.2. The van der Waals surface area contributed by atoms with E-state index in [0.717, 1.165) is 47.2 Å². The number of carbonyl (C=O) groups excluding carboxylic acids is 1. The van der Waals surface area contributed by atoms with Crippen LogP contribution in [0.25, 0.3) is 11.8 Å². The van der Waals surface area contributed by atoms with Crippen LogP contribution in [-0.4, -0.2) is 58.3 Å². The van der Waals surface area contributed by atoms with Gasteiger partial charge in [-0.25, -0.2) is 9.97 Å². The summed E-state index contributed by atoms with van der Waals surface area (Å²) < 4.78 is 13.1. The van der Waals surface area contributed by atoms with E-state index in [4.69, 9.17) is 9.47 Å². The molecule has 3 aromatic rings. The molecule has 2 aromatic heterocycles. The van der Waals surface area contributed by atoms with E-state index >= 15 is 0 Å². The summed E-state index contributed by atoms with van der Waals surface area (Å²) in [5.74, 6) is 2.25. The van der Waals surface area contributed by atoms with Crippen molar-refractivity contribution < 1.29 is 14.3 Å². The van der Waals surface area contributed by atoms with Crippen molar-refractivity contribution in [3.05, 3.63) is 65.8 Å². The fraction of sp³-hybridized carbons (Fsp3) is 0.292. The topological polar surface area (TPSA) is 72.7 Å². The minimum absolute atomic E-state index is 0.0199. The Kier molecular flexibility index (Phi) is 5.26. The molecule has 0 N–H and O–H groups in total. The summed E-state index contributed by atoms with van der Waals surface area (Å²) in [6.07, 6.45) is 7.05. The highest BCUT2D eigenvalue weighted by Gasteiger charge is 2.21. The first-order valence-electron chi connectivity index (χ1n) is 10.7. The van der Waals surface area contributed by atoms with Gasteiger partial charge in [-0.1, -0.05) is 0 Å². The first-order chi connectivity index (χ1) is 15.6. The first kappa shape index (κ1) is 20.1. The van der Waals surface area contributed by atoms with Crippen molar-refractivity contribution in [2.75, 3.05) is 37.9 Å². The molecule has 4 heterocycles. The van der Waals surface area contributed by atoms with E-state index in [0.29, 0.717) is 19.0 Å². The molecule has 0 bridgehead atoms. The fourth-order valence-electron chi connectivity index (χ4n) is 4.23. The third-order valence-corrected chi connectivity index (χ3v) is 5.92. The summed E-state index contributed by atoms with van der Waals surface area (Å²) in [4.78, 5) is 25.3. The third-order valence-electron chi connectivity index (χ3n) is 5.92. The van der Waals surface area contributed by atoms with Crippen LogP contribution < -0.4 is 14.4 Å². The van der Waals surface area contributed by atoms with E-state index < -0.39 is 0 Å². The van der Waals surface area contributed by atoms with Gasteiger partial charge in [0.05, 0.1) is 0 Å². The summed E-state index contributed by atoms with van der Waals surface area (Å²) in [7, 11) is 0. The van der Waals surface area contributed by atoms with Crippen LogP contribution in [0, 0.1) is 13.8 Å². The summed E-state index contributed by atoms with van der Waals surface area (Å²) in [5, 5.41) is 0. The molecule has 1 amide bonds. The Balaban J connectivity index is 1.27. The maximum atomic E-state index is 12.8. The predicted octanol–water partition coefficient (Wildman–Crippen LogP) is 2.97. The van der Waals surface area contributed by atoms with Crippen LogP contribution in [0.5, 0.6) is 11.5 Å². The van der Waals surface area contributed by atoms with Gasteiger partial charge < -0.3 is 23.8 Å². The zero-order valence-electron chi connectivity index (χ0n) is 18.2. The molecule has 0 unspecified atom stereocenters. The number of hydrogen-bond donors (Lipinski definition) is 0. The van der Waals surface area contributed by atoms with Crippen LogP contribution >= 0.6 is 0 Å². The zero-order valence-corrected chi connectivity index (χ0v) is 18.2. The number of piperazine rings is 1. The van der Waals surface area contributed by atoms with Gasteiger partial charge in [-0.05, 0) is 49.8 Å². The molecule has 2 aliphatic rings. The molecule has 0 aliphatic carbocycles. The molecular formula is C24H25N5O3. The normalized spacial score (nSPS) is 15.6. The molecule has 8 nitrogen and oxygen atoms in total. The van der Waals surface area contributed by atoms with Crippen LogP contribution in [0.15, 0.2) is 48.8 Å². The molecule has 164 valence electrons. The number of aromatic nitrogens is 3. The monoisotopic (exact) mass is 431 g/mol. The molecule has 0 spiro atoms. The van der Waals surface area contributed by atoms with Gasteiger partial charge in [0.1, 0.15) is 0 Å². The second-order valence-electron chi connectivity index (χ2n) is 7.89. The highest BCUT2D eigenvalue weighted by Crippen LogP contribution is 2.35. The van der Waals surface area contributed by atoms with Crippen LogP contribution in [0.4, 0.5) is 5.95 Å². The molecule has 5 rings (SSSR count). The van der Waals surface area contributed by atoms with Crippen LogP contribution in [0.2, 0.25) is 0 Å². The number of carbonyl (C=O) groups is 1. The number of ether oxygens (including phenoxy) is 2. The Labute approximate surface area is 186 Å². The number of rotatable bonds is 4. The standard InChI is InChI=1S/C24H25N5O3/c1-17-14-19(18(2)29(17)20-5-6-21-22(15-20)32-16-31-21)4-7-23(30)27-10-12-28(13-11-27)24-25-8-3-9-26-24/h3-9,14-15H,10-13,16H2,1-2H3. The number of aryl methyl sites for hydroxylation is 1. The Hall–Kier alpha value is -3.81. The van der Waals surface area contributed by atoms with E-state index in [1.807, 2.05) is 29.2 Å². The Morgan fingerprint density at radius 2 is 1.75 bits per heavy atom. The van der Waals surface area contributed by atoms with Gasteiger partial charge in [-0.2, -0.15) is 0 Å². The van der Waals surface area contributed by atoms with Crippen molar-refractivity contribution in [3.8, 4) is 17.2 Å². The molecule has 32 heavy (non-hydrogen) atoms.